The Hall–Kier alpha value is -1.80. The Kier molecular flexibility index (Phi) is 8.22. The molecule has 7 nitrogen and oxygen atoms in total. The number of anilines is 1. The van der Waals surface area contributed by atoms with Gasteiger partial charge in [-0.25, -0.2) is 0 Å². The molecule has 1 unspecified atom stereocenters. The van der Waals surface area contributed by atoms with E-state index in [1.165, 1.54) is 0 Å². The fourth-order valence-electron chi connectivity index (χ4n) is 3.57. The third-order valence-corrected chi connectivity index (χ3v) is 6.07. The molecule has 1 aromatic carbocycles. The number of nitrogens with one attached hydrogen (secondary N) is 1. The quantitative estimate of drug-likeness (QED) is 0.639. The van der Waals surface area contributed by atoms with Gasteiger partial charge < -0.3 is 19.4 Å². The summed E-state index contributed by atoms with van der Waals surface area (Å²) in [5.41, 5.74) is 1.74. The molecule has 2 heterocycles. The van der Waals surface area contributed by atoms with Crippen LogP contribution < -0.4 is 4.90 Å². The van der Waals surface area contributed by atoms with E-state index in [4.69, 9.17) is 27.9 Å². The van der Waals surface area contributed by atoms with E-state index in [1.54, 1.807) is 6.07 Å². The van der Waals surface area contributed by atoms with E-state index in [0.717, 1.165) is 17.1 Å². The highest BCUT2D eigenvalue weighted by atomic mass is 35.5. The molecular weight excluding hydrogens is 437 g/mol. The maximum absolute atomic E-state index is 13.1. The zero-order chi connectivity index (χ0) is 22.5. The number of ether oxygens (including phenoxy) is 1. The molecule has 9 heteroatoms. The number of piperazine rings is 1. The first-order valence-electron chi connectivity index (χ1n) is 10.7. The van der Waals surface area contributed by atoms with E-state index < -0.39 is 6.10 Å². The highest BCUT2D eigenvalue weighted by molar-refractivity contribution is 6.35. The lowest BCUT2D eigenvalue weighted by molar-refractivity contribution is -0.145. The lowest BCUT2D eigenvalue weighted by atomic mass is 10.1. The van der Waals surface area contributed by atoms with Gasteiger partial charge in [0.25, 0.3) is 5.91 Å². The largest absolute Gasteiger partial charge is 0.367 e. The summed E-state index contributed by atoms with van der Waals surface area (Å²) in [6, 6.07) is 7.75. The molecule has 0 spiro atoms. The molecular formula is C22H31Cl2N5O2. The van der Waals surface area contributed by atoms with Gasteiger partial charge in [-0.2, -0.15) is 5.10 Å². The highest BCUT2D eigenvalue weighted by Crippen LogP contribution is 2.28. The zero-order valence-corrected chi connectivity index (χ0v) is 20.1. The van der Waals surface area contributed by atoms with Crippen LogP contribution in [0.4, 0.5) is 5.82 Å². The lowest BCUT2D eigenvalue weighted by Crippen LogP contribution is -2.54. The Bertz CT molecular complexity index is 860. The van der Waals surface area contributed by atoms with Crippen molar-refractivity contribution >= 4 is 34.9 Å². The number of amides is 1. The number of aromatic amines is 1. The van der Waals surface area contributed by atoms with E-state index in [0.29, 0.717) is 55.4 Å². The Balaban J connectivity index is 1.61. The topological polar surface area (TPSA) is 64.7 Å². The second-order valence-electron chi connectivity index (χ2n) is 8.09. The van der Waals surface area contributed by atoms with E-state index in [2.05, 4.69) is 33.8 Å². The van der Waals surface area contributed by atoms with Crippen molar-refractivity contribution in [1.29, 1.82) is 0 Å². The Labute approximate surface area is 194 Å². The standard InChI is InChI=1S/C22H31Cl2N5O2/c1-5-31-20(14-27(4)15(2)3)22(30)29-8-6-28(7-9-29)21-13-19(25-26-21)16-10-17(23)12-18(24)11-16/h10-13,15,20H,5-9,14H2,1-4H3,(H,25,26). The number of carbonyl (C=O) groups excluding carboxylic acids is 1. The average molecular weight is 468 g/mol. The fraction of sp³-hybridized carbons (Fsp3) is 0.545. The average Bonchev–Trinajstić information content (AvgIpc) is 3.22. The second kappa shape index (κ2) is 10.7. The van der Waals surface area contributed by atoms with Crippen LogP contribution in [0.3, 0.4) is 0 Å². The van der Waals surface area contributed by atoms with Crippen molar-refractivity contribution in [3.05, 3.63) is 34.3 Å². The first-order valence-corrected chi connectivity index (χ1v) is 11.4. The maximum Gasteiger partial charge on any atom is 0.253 e. The van der Waals surface area contributed by atoms with Crippen LogP contribution >= 0.6 is 23.2 Å². The van der Waals surface area contributed by atoms with Gasteiger partial charge in [-0.1, -0.05) is 23.2 Å². The first kappa shape index (κ1) is 23.9. The van der Waals surface area contributed by atoms with Crippen LogP contribution in [-0.4, -0.2) is 84.4 Å². The maximum atomic E-state index is 13.1. The van der Waals surface area contributed by atoms with E-state index in [1.807, 2.05) is 37.1 Å². The van der Waals surface area contributed by atoms with Crippen molar-refractivity contribution < 1.29 is 9.53 Å². The van der Waals surface area contributed by atoms with Crippen molar-refractivity contribution in [3.63, 3.8) is 0 Å². The number of halogens is 2. The van der Waals surface area contributed by atoms with E-state index in [9.17, 15) is 4.79 Å². The third-order valence-electron chi connectivity index (χ3n) is 5.63. The van der Waals surface area contributed by atoms with E-state index in [-0.39, 0.29) is 5.91 Å². The normalized spacial score (nSPS) is 15.7. The predicted molar refractivity (Wildman–Crippen MR) is 126 cm³/mol. The van der Waals surface area contributed by atoms with Gasteiger partial charge in [-0.3, -0.25) is 9.89 Å². The molecule has 0 bridgehead atoms. The minimum atomic E-state index is -0.437. The van der Waals surface area contributed by atoms with Gasteiger partial charge in [0.1, 0.15) is 6.10 Å². The van der Waals surface area contributed by atoms with E-state index >= 15 is 0 Å². The van der Waals surface area contributed by atoms with Crippen molar-refractivity contribution in [2.24, 2.45) is 0 Å². The lowest BCUT2D eigenvalue weighted by Gasteiger charge is -2.37. The molecule has 170 valence electrons. The minimum Gasteiger partial charge on any atom is -0.367 e. The van der Waals surface area contributed by atoms with Crippen molar-refractivity contribution in [2.75, 3.05) is 51.3 Å². The summed E-state index contributed by atoms with van der Waals surface area (Å²) in [6.07, 6.45) is -0.437. The number of nitrogens with zero attached hydrogens (tertiary/aromatic N) is 4. The fourth-order valence-corrected chi connectivity index (χ4v) is 4.09. The van der Waals surface area contributed by atoms with Crippen molar-refractivity contribution in [2.45, 2.75) is 32.9 Å². The van der Waals surface area contributed by atoms with Crippen molar-refractivity contribution in [3.8, 4) is 11.3 Å². The number of hydrogen-bond acceptors (Lipinski definition) is 5. The van der Waals surface area contributed by atoms with Gasteiger partial charge in [-0.05, 0) is 46.0 Å². The summed E-state index contributed by atoms with van der Waals surface area (Å²) in [6.45, 7) is 9.97. The molecule has 1 amide bonds. The molecule has 0 radical (unpaired) electrons. The smallest absolute Gasteiger partial charge is 0.253 e. The Morgan fingerprint density at radius 2 is 1.81 bits per heavy atom. The molecule has 1 aliphatic rings. The summed E-state index contributed by atoms with van der Waals surface area (Å²) >= 11 is 12.2. The van der Waals surface area contributed by atoms with Gasteiger partial charge in [0, 0.05) is 67.0 Å². The van der Waals surface area contributed by atoms with Crippen molar-refractivity contribution in [1.82, 2.24) is 20.0 Å². The second-order valence-corrected chi connectivity index (χ2v) is 8.96. The SMILES string of the molecule is CCOC(CN(C)C(C)C)C(=O)N1CCN(c2cc(-c3cc(Cl)cc(Cl)c3)[nH]n2)CC1. The van der Waals surface area contributed by atoms with Gasteiger partial charge in [0.2, 0.25) is 0 Å². The van der Waals surface area contributed by atoms with Gasteiger partial charge >= 0.3 is 0 Å². The van der Waals surface area contributed by atoms with Crippen LogP contribution in [0.5, 0.6) is 0 Å². The third kappa shape index (κ3) is 6.13. The monoisotopic (exact) mass is 467 g/mol. The number of benzene rings is 1. The highest BCUT2D eigenvalue weighted by Gasteiger charge is 2.29. The summed E-state index contributed by atoms with van der Waals surface area (Å²) in [4.78, 5) is 19.3. The van der Waals surface area contributed by atoms with Crippen LogP contribution in [0, 0.1) is 0 Å². The number of aromatic nitrogens is 2. The molecule has 31 heavy (non-hydrogen) atoms. The van der Waals surface area contributed by atoms with Gasteiger partial charge in [0.15, 0.2) is 5.82 Å². The molecule has 1 aromatic heterocycles. The molecule has 0 saturated carbocycles. The number of hydrogen-bond donors (Lipinski definition) is 1. The summed E-state index contributed by atoms with van der Waals surface area (Å²) < 4.78 is 5.78. The molecule has 1 fully saturated rings. The minimum absolute atomic E-state index is 0.0605. The van der Waals surface area contributed by atoms with Crippen LogP contribution in [-0.2, 0) is 9.53 Å². The number of likely N-dealkylation sites (N-methyl/N-ethyl adjacent to an activating group) is 1. The van der Waals surface area contributed by atoms with Crippen LogP contribution in [0.15, 0.2) is 24.3 Å². The van der Waals surface area contributed by atoms with Crippen LogP contribution in [0.25, 0.3) is 11.3 Å². The zero-order valence-electron chi connectivity index (χ0n) is 18.6. The molecule has 1 atom stereocenters. The Morgan fingerprint density at radius 1 is 1.16 bits per heavy atom. The molecule has 2 aromatic rings. The molecule has 3 rings (SSSR count). The molecule has 1 aliphatic heterocycles. The van der Waals surface area contributed by atoms with Crippen LogP contribution in [0.2, 0.25) is 10.0 Å². The number of carbonyl (C=O) groups is 1. The molecule has 0 aliphatic carbocycles. The summed E-state index contributed by atoms with van der Waals surface area (Å²) in [7, 11) is 2.02. The van der Waals surface area contributed by atoms with Gasteiger partial charge in [-0.15, -0.1) is 0 Å². The number of rotatable bonds is 8. The summed E-state index contributed by atoms with van der Waals surface area (Å²) in [5, 5.41) is 8.67. The molecule has 1 saturated heterocycles. The Morgan fingerprint density at radius 3 is 2.39 bits per heavy atom. The first-order chi connectivity index (χ1) is 14.8. The molecule has 1 N–H and O–H groups in total. The van der Waals surface area contributed by atoms with Gasteiger partial charge in [0.05, 0.1) is 5.69 Å². The number of H-pyrrole nitrogens is 1. The summed E-state index contributed by atoms with van der Waals surface area (Å²) in [5.74, 6) is 0.907. The predicted octanol–water partition coefficient (Wildman–Crippen LogP) is 3.78. The van der Waals surface area contributed by atoms with Crippen LogP contribution in [0.1, 0.15) is 20.8 Å².